The van der Waals surface area contributed by atoms with Crippen LogP contribution in [0.3, 0.4) is 0 Å². The van der Waals surface area contributed by atoms with E-state index < -0.39 is 15.7 Å². The van der Waals surface area contributed by atoms with Gasteiger partial charge in [0, 0.05) is 16.9 Å². The van der Waals surface area contributed by atoms with Gasteiger partial charge in [0.05, 0.1) is 34.8 Å². The van der Waals surface area contributed by atoms with Gasteiger partial charge >= 0.3 is 0 Å². The molecule has 1 aliphatic heterocycles. The summed E-state index contributed by atoms with van der Waals surface area (Å²) < 4.78 is 26.6. The molecule has 0 unspecified atom stereocenters. The van der Waals surface area contributed by atoms with E-state index in [9.17, 15) is 18.0 Å². The molecule has 4 rings (SSSR count). The van der Waals surface area contributed by atoms with Gasteiger partial charge in [-0.2, -0.15) is 10.2 Å². The Morgan fingerprint density at radius 3 is 2.68 bits per heavy atom. The summed E-state index contributed by atoms with van der Waals surface area (Å²) in [5.74, 6) is 0.0807. The third-order valence-electron chi connectivity index (χ3n) is 5.38. The first-order valence-electron chi connectivity index (χ1n) is 10.1. The maximum atomic E-state index is 12.8. The molecule has 0 spiro atoms. The number of hydrogen-bond acceptors (Lipinski definition) is 6. The molecule has 0 aliphatic carbocycles. The van der Waals surface area contributed by atoms with Crippen LogP contribution < -0.4 is 10.9 Å². The fraction of sp³-hybridized carbons (Fsp3) is 0.429. The number of aromatic nitrogens is 4. The number of carbonyl (C=O) groups is 1. The highest BCUT2D eigenvalue weighted by molar-refractivity contribution is 7.91. The summed E-state index contributed by atoms with van der Waals surface area (Å²) in [5, 5.41) is 12.7. The average molecular weight is 444 g/mol. The van der Waals surface area contributed by atoms with Gasteiger partial charge in [-0.05, 0) is 12.5 Å². The molecule has 1 atom stereocenters. The van der Waals surface area contributed by atoms with Crippen molar-refractivity contribution >= 4 is 32.3 Å². The molecular weight excluding hydrogens is 418 g/mol. The smallest absolute Gasteiger partial charge is 0.275 e. The molecule has 1 N–H and O–H groups in total. The van der Waals surface area contributed by atoms with Crippen molar-refractivity contribution in [3.05, 3.63) is 52.6 Å². The molecular formula is C21H25N5O4S. The Labute approximate surface area is 180 Å². The van der Waals surface area contributed by atoms with E-state index >= 15 is 0 Å². The number of benzene rings is 1. The predicted octanol–water partition coefficient (Wildman–Crippen LogP) is 1.89. The summed E-state index contributed by atoms with van der Waals surface area (Å²) in [6.07, 6.45) is 2.00. The molecule has 1 fully saturated rings. The van der Waals surface area contributed by atoms with Crippen molar-refractivity contribution in [2.75, 3.05) is 16.8 Å². The van der Waals surface area contributed by atoms with E-state index in [0.717, 1.165) is 10.4 Å². The van der Waals surface area contributed by atoms with Gasteiger partial charge in [-0.1, -0.05) is 39.0 Å². The van der Waals surface area contributed by atoms with Crippen molar-refractivity contribution in [3.63, 3.8) is 0 Å². The topological polar surface area (TPSA) is 116 Å². The van der Waals surface area contributed by atoms with E-state index in [-0.39, 0.29) is 35.1 Å². The van der Waals surface area contributed by atoms with Gasteiger partial charge in [0.2, 0.25) is 5.91 Å². The zero-order valence-corrected chi connectivity index (χ0v) is 18.5. The van der Waals surface area contributed by atoms with Gasteiger partial charge in [0.25, 0.3) is 5.56 Å². The molecule has 0 saturated carbocycles. The van der Waals surface area contributed by atoms with Crippen LogP contribution in [-0.4, -0.2) is 45.4 Å². The number of hydrogen-bond donors (Lipinski definition) is 1. The highest BCUT2D eigenvalue weighted by Gasteiger charge is 2.33. The Morgan fingerprint density at radius 2 is 2.00 bits per heavy atom. The van der Waals surface area contributed by atoms with Crippen molar-refractivity contribution < 1.29 is 13.2 Å². The Kier molecular flexibility index (Phi) is 5.20. The van der Waals surface area contributed by atoms with E-state index in [1.54, 1.807) is 35.1 Å². The summed E-state index contributed by atoms with van der Waals surface area (Å²) >= 11 is 0. The molecule has 0 bridgehead atoms. The van der Waals surface area contributed by atoms with Crippen LogP contribution in [0.5, 0.6) is 0 Å². The normalized spacial score (nSPS) is 18.4. The Hall–Kier alpha value is -3.01. The van der Waals surface area contributed by atoms with Crippen LogP contribution in [0.2, 0.25) is 0 Å². The van der Waals surface area contributed by atoms with Gasteiger partial charge in [-0.3, -0.25) is 9.59 Å². The Balaban J connectivity index is 1.61. The number of anilines is 1. The van der Waals surface area contributed by atoms with Crippen LogP contribution >= 0.6 is 0 Å². The zero-order chi connectivity index (χ0) is 22.4. The Bertz CT molecular complexity index is 1320. The van der Waals surface area contributed by atoms with Crippen molar-refractivity contribution in [1.29, 1.82) is 0 Å². The van der Waals surface area contributed by atoms with Crippen LogP contribution in [0.4, 0.5) is 5.82 Å². The number of carbonyl (C=O) groups excluding carboxylic acids is 1. The van der Waals surface area contributed by atoms with Gasteiger partial charge in [-0.15, -0.1) is 0 Å². The van der Waals surface area contributed by atoms with E-state index in [1.165, 1.54) is 0 Å². The minimum atomic E-state index is -3.12. The minimum absolute atomic E-state index is 0.00712. The van der Waals surface area contributed by atoms with Gasteiger partial charge in [0.15, 0.2) is 9.84 Å². The van der Waals surface area contributed by atoms with Crippen LogP contribution in [0.15, 0.2) is 41.3 Å². The summed E-state index contributed by atoms with van der Waals surface area (Å²) in [4.78, 5) is 25.4. The largest absolute Gasteiger partial charge is 0.309 e. The van der Waals surface area contributed by atoms with E-state index in [2.05, 4.69) is 15.5 Å². The summed E-state index contributed by atoms with van der Waals surface area (Å²) in [6.45, 7) is 5.72. The van der Waals surface area contributed by atoms with E-state index in [4.69, 9.17) is 0 Å². The summed E-state index contributed by atoms with van der Waals surface area (Å²) in [7, 11) is -3.12. The van der Waals surface area contributed by atoms with Crippen LogP contribution in [0.1, 0.15) is 38.9 Å². The molecule has 10 heteroatoms. The number of nitrogens with one attached hydrogen (secondary N) is 1. The molecule has 31 heavy (non-hydrogen) atoms. The van der Waals surface area contributed by atoms with Gasteiger partial charge in [0.1, 0.15) is 12.4 Å². The molecule has 3 heterocycles. The van der Waals surface area contributed by atoms with Gasteiger partial charge in [-0.25, -0.2) is 17.8 Å². The highest BCUT2D eigenvalue weighted by Crippen LogP contribution is 2.30. The van der Waals surface area contributed by atoms with Crippen LogP contribution in [-0.2, 0) is 26.6 Å². The number of rotatable bonds is 4. The van der Waals surface area contributed by atoms with Crippen molar-refractivity contribution in [2.24, 2.45) is 0 Å². The molecule has 1 amide bonds. The average Bonchev–Trinajstić information content (AvgIpc) is 3.27. The first-order valence-corrected chi connectivity index (χ1v) is 11.9. The summed E-state index contributed by atoms with van der Waals surface area (Å²) in [5.41, 5.74) is 0.117. The highest BCUT2D eigenvalue weighted by atomic mass is 32.2. The first-order chi connectivity index (χ1) is 14.5. The second-order valence-corrected chi connectivity index (χ2v) is 11.1. The van der Waals surface area contributed by atoms with E-state index in [0.29, 0.717) is 23.0 Å². The lowest BCUT2D eigenvalue weighted by atomic mass is 9.92. The zero-order valence-electron chi connectivity index (χ0n) is 17.7. The third-order valence-corrected chi connectivity index (χ3v) is 7.13. The quantitative estimate of drug-likeness (QED) is 0.658. The molecule has 2 aromatic heterocycles. The fourth-order valence-corrected chi connectivity index (χ4v) is 5.35. The predicted molar refractivity (Wildman–Crippen MR) is 118 cm³/mol. The SMILES string of the molecule is CC(C)(C)c1cc(NC(=O)Cn2ncc3ccccc3c2=O)n([C@H]2CCS(=O)(=O)C2)n1. The lowest BCUT2D eigenvalue weighted by molar-refractivity contribution is -0.117. The molecule has 1 aliphatic rings. The van der Waals surface area contributed by atoms with Crippen LogP contribution in [0.25, 0.3) is 10.8 Å². The summed E-state index contributed by atoms with van der Waals surface area (Å²) in [6, 6.07) is 8.49. The number of sulfone groups is 1. The minimum Gasteiger partial charge on any atom is -0.309 e. The number of amides is 1. The molecule has 164 valence electrons. The van der Waals surface area contributed by atoms with E-state index in [1.807, 2.05) is 26.8 Å². The van der Waals surface area contributed by atoms with Crippen molar-refractivity contribution in [1.82, 2.24) is 19.6 Å². The number of fused-ring (bicyclic) bond motifs is 1. The van der Waals surface area contributed by atoms with Crippen LogP contribution in [0, 0.1) is 0 Å². The molecule has 3 aromatic rings. The lowest BCUT2D eigenvalue weighted by Gasteiger charge is -2.15. The maximum Gasteiger partial charge on any atom is 0.275 e. The van der Waals surface area contributed by atoms with Crippen molar-refractivity contribution in [2.45, 2.75) is 45.2 Å². The number of nitrogens with zero attached hydrogens (tertiary/aromatic N) is 4. The van der Waals surface area contributed by atoms with Crippen molar-refractivity contribution in [3.8, 4) is 0 Å². The third kappa shape index (κ3) is 4.39. The second kappa shape index (κ2) is 7.60. The second-order valence-electron chi connectivity index (χ2n) is 8.91. The standard InChI is InChI=1S/C21H25N5O4S/c1-21(2,3)17-10-18(26(24-17)15-8-9-31(29,30)13-15)23-19(27)12-25-20(28)16-7-5-4-6-14(16)11-22-25/h4-7,10-11,15H,8-9,12-13H2,1-3H3,(H,23,27)/t15-/m0/s1. The monoisotopic (exact) mass is 443 g/mol. The molecule has 1 aromatic carbocycles. The molecule has 9 nitrogen and oxygen atoms in total. The lowest BCUT2D eigenvalue weighted by Crippen LogP contribution is -2.30. The molecule has 0 radical (unpaired) electrons. The van der Waals surface area contributed by atoms with Gasteiger partial charge < -0.3 is 5.32 Å². The maximum absolute atomic E-state index is 12.8. The molecule has 1 saturated heterocycles. The first kappa shape index (κ1) is 21.2. The fourth-order valence-electron chi connectivity index (χ4n) is 3.66. The Morgan fingerprint density at radius 1 is 1.26 bits per heavy atom.